The number of nitrogens with two attached hydrogens (primary N) is 2. The van der Waals surface area contributed by atoms with E-state index in [9.17, 15) is 4.79 Å². The number of carbonyl (C=O) groups excluding carboxylic acids is 1. The molecule has 5 heteroatoms. The molecule has 0 aromatic heterocycles. The molecule has 0 radical (unpaired) electrons. The maximum atomic E-state index is 10.5. The largest absolute Gasteiger partial charge is 0.495 e. The van der Waals surface area contributed by atoms with E-state index in [4.69, 9.17) is 16.2 Å². The van der Waals surface area contributed by atoms with Crippen LogP contribution in [0.1, 0.15) is 0 Å². The molecule has 0 unspecified atom stereocenters. The van der Waals surface area contributed by atoms with E-state index in [1.54, 1.807) is 18.2 Å². The Bertz CT molecular complexity index is 339. The lowest BCUT2D eigenvalue weighted by Gasteiger charge is -2.10. The Hall–Kier alpha value is -1.91. The van der Waals surface area contributed by atoms with E-state index in [1.807, 2.05) is 0 Å². The van der Waals surface area contributed by atoms with Gasteiger partial charge >= 0.3 is 0 Å². The third-order valence-corrected chi connectivity index (χ3v) is 1.68. The fourth-order valence-electron chi connectivity index (χ4n) is 1.04. The second-order valence-corrected chi connectivity index (χ2v) is 2.78. The van der Waals surface area contributed by atoms with Crippen molar-refractivity contribution in [3.8, 4) is 5.75 Å². The minimum absolute atomic E-state index is 0.0697. The van der Waals surface area contributed by atoms with Crippen molar-refractivity contribution in [2.75, 3.05) is 24.7 Å². The highest BCUT2D eigenvalue weighted by Gasteiger charge is 2.03. The lowest BCUT2D eigenvalue weighted by Crippen LogP contribution is -2.22. The molecule has 0 saturated carbocycles. The molecule has 0 atom stereocenters. The Morgan fingerprint density at radius 3 is 2.86 bits per heavy atom. The first-order valence-electron chi connectivity index (χ1n) is 4.09. The number of benzene rings is 1. The van der Waals surface area contributed by atoms with Crippen LogP contribution in [0.2, 0.25) is 0 Å². The van der Waals surface area contributed by atoms with Gasteiger partial charge in [0.2, 0.25) is 5.91 Å². The Balaban J connectivity index is 2.80. The van der Waals surface area contributed by atoms with Crippen LogP contribution in [0.3, 0.4) is 0 Å². The zero-order chi connectivity index (χ0) is 10.6. The van der Waals surface area contributed by atoms with Gasteiger partial charge in [0.05, 0.1) is 19.3 Å². The molecule has 0 aliphatic rings. The van der Waals surface area contributed by atoms with Crippen LogP contribution < -0.4 is 21.5 Å². The van der Waals surface area contributed by atoms with Crippen LogP contribution >= 0.6 is 0 Å². The number of nitrogens with one attached hydrogen (secondary N) is 1. The van der Waals surface area contributed by atoms with Crippen molar-refractivity contribution in [2.45, 2.75) is 0 Å². The number of methoxy groups -OCH3 is 1. The fourth-order valence-corrected chi connectivity index (χ4v) is 1.04. The third kappa shape index (κ3) is 2.55. The van der Waals surface area contributed by atoms with E-state index in [0.717, 1.165) is 0 Å². The number of carbonyl (C=O) groups is 1. The molecule has 0 aliphatic heterocycles. The van der Waals surface area contributed by atoms with E-state index in [-0.39, 0.29) is 6.54 Å². The van der Waals surface area contributed by atoms with E-state index < -0.39 is 5.91 Å². The summed E-state index contributed by atoms with van der Waals surface area (Å²) in [6.45, 7) is 0.0697. The number of rotatable bonds is 4. The maximum Gasteiger partial charge on any atom is 0.236 e. The fraction of sp³-hybridized carbons (Fsp3) is 0.222. The monoisotopic (exact) mass is 195 g/mol. The molecule has 0 aliphatic carbocycles. The zero-order valence-corrected chi connectivity index (χ0v) is 7.91. The summed E-state index contributed by atoms with van der Waals surface area (Å²) < 4.78 is 5.06. The quantitative estimate of drug-likeness (QED) is 0.597. The summed E-state index contributed by atoms with van der Waals surface area (Å²) in [4.78, 5) is 10.5. The van der Waals surface area contributed by atoms with Crippen LogP contribution in [0.25, 0.3) is 0 Å². The number of hydrogen-bond acceptors (Lipinski definition) is 4. The summed E-state index contributed by atoms with van der Waals surface area (Å²) in [6.07, 6.45) is 0. The minimum Gasteiger partial charge on any atom is -0.495 e. The number of amides is 1. The zero-order valence-electron chi connectivity index (χ0n) is 7.91. The lowest BCUT2D eigenvalue weighted by molar-refractivity contribution is -0.116. The van der Waals surface area contributed by atoms with Gasteiger partial charge < -0.3 is 21.5 Å². The van der Waals surface area contributed by atoms with Gasteiger partial charge in [-0.2, -0.15) is 0 Å². The first-order valence-corrected chi connectivity index (χ1v) is 4.09. The predicted octanol–water partition coefficient (Wildman–Crippen LogP) is 0.175. The molecule has 14 heavy (non-hydrogen) atoms. The smallest absolute Gasteiger partial charge is 0.236 e. The van der Waals surface area contributed by atoms with Crippen molar-refractivity contribution in [1.82, 2.24) is 0 Å². The molecule has 0 bridgehead atoms. The Labute approximate surface area is 82.0 Å². The molecular weight excluding hydrogens is 182 g/mol. The van der Waals surface area contributed by atoms with Gasteiger partial charge in [0.25, 0.3) is 0 Å². The van der Waals surface area contributed by atoms with Crippen LogP contribution in [-0.2, 0) is 4.79 Å². The van der Waals surface area contributed by atoms with E-state index in [1.165, 1.54) is 7.11 Å². The molecular formula is C9H13N3O2. The van der Waals surface area contributed by atoms with Crippen molar-refractivity contribution in [3.05, 3.63) is 18.2 Å². The third-order valence-electron chi connectivity index (χ3n) is 1.68. The molecule has 1 amide bonds. The number of primary amides is 1. The van der Waals surface area contributed by atoms with Crippen LogP contribution in [0.15, 0.2) is 18.2 Å². The van der Waals surface area contributed by atoms with Crippen molar-refractivity contribution >= 4 is 17.3 Å². The molecule has 76 valence electrons. The highest BCUT2D eigenvalue weighted by molar-refractivity contribution is 5.79. The van der Waals surface area contributed by atoms with E-state index >= 15 is 0 Å². The Kier molecular flexibility index (Phi) is 3.17. The summed E-state index contributed by atoms with van der Waals surface area (Å²) in [5.41, 5.74) is 11.9. The number of anilines is 2. The molecule has 0 heterocycles. The Morgan fingerprint density at radius 2 is 2.29 bits per heavy atom. The van der Waals surface area contributed by atoms with Crippen molar-refractivity contribution in [2.24, 2.45) is 5.73 Å². The van der Waals surface area contributed by atoms with Gasteiger partial charge in [-0.3, -0.25) is 4.79 Å². The van der Waals surface area contributed by atoms with Crippen LogP contribution in [0, 0.1) is 0 Å². The van der Waals surface area contributed by atoms with Gasteiger partial charge in [0.1, 0.15) is 5.75 Å². The van der Waals surface area contributed by atoms with Gasteiger partial charge in [0.15, 0.2) is 0 Å². The van der Waals surface area contributed by atoms with Gasteiger partial charge in [-0.25, -0.2) is 0 Å². The first kappa shape index (κ1) is 10.2. The minimum atomic E-state index is -0.427. The molecule has 5 nitrogen and oxygen atoms in total. The van der Waals surface area contributed by atoms with Crippen LogP contribution in [-0.4, -0.2) is 19.6 Å². The normalized spacial score (nSPS) is 9.50. The number of hydrogen-bond donors (Lipinski definition) is 3. The van der Waals surface area contributed by atoms with Crippen LogP contribution in [0.4, 0.5) is 11.4 Å². The summed E-state index contributed by atoms with van der Waals surface area (Å²) in [5.74, 6) is 0.162. The van der Waals surface area contributed by atoms with Gasteiger partial charge in [-0.1, -0.05) is 0 Å². The summed E-state index contributed by atoms with van der Waals surface area (Å²) in [7, 11) is 1.53. The van der Waals surface area contributed by atoms with Crippen molar-refractivity contribution in [3.63, 3.8) is 0 Å². The highest BCUT2D eigenvalue weighted by atomic mass is 16.5. The SMILES string of the molecule is COc1cc(N)ccc1NCC(N)=O. The summed E-state index contributed by atoms with van der Waals surface area (Å²) in [6, 6.07) is 5.12. The second kappa shape index (κ2) is 4.36. The van der Waals surface area contributed by atoms with Crippen molar-refractivity contribution < 1.29 is 9.53 Å². The molecule has 5 N–H and O–H groups in total. The van der Waals surface area contributed by atoms with Gasteiger partial charge in [-0.15, -0.1) is 0 Å². The molecule has 1 aromatic carbocycles. The molecule has 0 fully saturated rings. The predicted molar refractivity (Wildman–Crippen MR) is 55.1 cm³/mol. The van der Waals surface area contributed by atoms with Crippen molar-refractivity contribution in [1.29, 1.82) is 0 Å². The Morgan fingerprint density at radius 1 is 1.57 bits per heavy atom. The lowest BCUT2D eigenvalue weighted by atomic mass is 10.2. The number of nitrogen functional groups attached to an aromatic ring is 1. The topological polar surface area (TPSA) is 90.4 Å². The second-order valence-electron chi connectivity index (χ2n) is 2.78. The van der Waals surface area contributed by atoms with Gasteiger partial charge in [-0.05, 0) is 12.1 Å². The first-order chi connectivity index (χ1) is 6.63. The maximum absolute atomic E-state index is 10.5. The summed E-state index contributed by atoms with van der Waals surface area (Å²) in [5, 5.41) is 2.84. The average molecular weight is 195 g/mol. The molecule has 0 saturated heterocycles. The molecule has 0 spiro atoms. The van der Waals surface area contributed by atoms with E-state index in [0.29, 0.717) is 17.1 Å². The number of ether oxygens (including phenoxy) is 1. The average Bonchev–Trinajstić information content (AvgIpc) is 2.15. The highest BCUT2D eigenvalue weighted by Crippen LogP contribution is 2.26. The molecule has 1 rings (SSSR count). The van der Waals surface area contributed by atoms with Gasteiger partial charge in [0, 0.05) is 11.8 Å². The standard InChI is InChI=1S/C9H13N3O2/c1-14-8-4-6(10)2-3-7(8)12-5-9(11)13/h2-4,12H,5,10H2,1H3,(H2,11,13). The summed E-state index contributed by atoms with van der Waals surface area (Å²) >= 11 is 0. The van der Waals surface area contributed by atoms with Crippen LogP contribution in [0.5, 0.6) is 5.75 Å². The molecule has 1 aromatic rings. The van der Waals surface area contributed by atoms with E-state index in [2.05, 4.69) is 5.32 Å².